The number of rotatable bonds is 5. The molecule has 7 nitrogen and oxygen atoms in total. The molecule has 0 aromatic carbocycles. The third-order valence-corrected chi connectivity index (χ3v) is 3.53. The Kier molecular flexibility index (Phi) is 4.73. The number of nitro groups is 1. The number of nitrogens with one attached hydrogen (secondary N) is 1. The minimum atomic E-state index is -0.429. The minimum Gasteiger partial charge on any atom is -0.481 e. The molecule has 1 fully saturated rings. The van der Waals surface area contributed by atoms with Gasteiger partial charge in [-0.25, -0.2) is 0 Å². The van der Waals surface area contributed by atoms with Crippen LogP contribution in [0.25, 0.3) is 0 Å². The van der Waals surface area contributed by atoms with Gasteiger partial charge in [-0.05, 0) is 32.4 Å². The zero-order valence-corrected chi connectivity index (χ0v) is 11.8. The molecule has 0 amide bonds. The molecular formula is C13H20N4O3. The predicted molar refractivity (Wildman–Crippen MR) is 76.2 cm³/mol. The highest BCUT2D eigenvalue weighted by Gasteiger charge is 2.20. The van der Waals surface area contributed by atoms with Crippen molar-refractivity contribution in [2.45, 2.75) is 12.8 Å². The number of likely N-dealkylation sites (tertiary alicyclic amines) is 1. The van der Waals surface area contributed by atoms with E-state index in [9.17, 15) is 10.1 Å². The van der Waals surface area contributed by atoms with Gasteiger partial charge in [-0.1, -0.05) is 0 Å². The van der Waals surface area contributed by atoms with Crippen LogP contribution < -0.4 is 10.1 Å². The Hall–Kier alpha value is -1.89. The van der Waals surface area contributed by atoms with Crippen molar-refractivity contribution in [1.29, 1.82) is 0 Å². The zero-order chi connectivity index (χ0) is 14.5. The smallest absolute Gasteiger partial charge is 0.311 e. The number of pyridine rings is 1. The van der Waals surface area contributed by atoms with Crippen molar-refractivity contribution in [3.05, 3.63) is 22.2 Å². The van der Waals surface area contributed by atoms with E-state index in [1.807, 2.05) is 0 Å². The molecule has 1 unspecified atom stereocenters. The number of anilines is 1. The summed E-state index contributed by atoms with van der Waals surface area (Å²) in [6.07, 6.45) is 2.30. The van der Waals surface area contributed by atoms with Crippen LogP contribution >= 0.6 is 0 Å². The molecule has 1 aromatic rings. The topological polar surface area (TPSA) is 80.5 Å². The van der Waals surface area contributed by atoms with Crippen molar-refractivity contribution < 1.29 is 9.66 Å². The van der Waals surface area contributed by atoms with E-state index in [0.717, 1.165) is 25.9 Å². The van der Waals surface area contributed by atoms with Gasteiger partial charge in [-0.2, -0.15) is 4.98 Å². The molecule has 2 rings (SSSR count). The van der Waals surface area contributed by atoms with Crippen LogP contribution in [0.5, 0.6) is 5.88 Å². The monoisotopic (exact) mass is 280 g/mol. The quantitative estimate of drug-likeness (QED) is 0.654. The Morgan fingerprint density at radius 2 is 2.40 bits per heavy atom. The summed E-state index contributed by atoms with van der Waals surface area (Å²) >= 11 is 0. The molecule has 2 heterocycles. The number of methoxy groups -OCH3 is 1. The Balaban J connectivity index is 2.05. The Bertz CT molecular complexity index is 481. The maximum atomic E-state index is 11.0. The highest BCUT2D eigenvalue weighted by Crippen LogP contribution is 2.25. The molecule has 1 aromatic heterocycles. The van der Waals surface area contributed by atoms with Gasteiger partial charge in [0.05, 0.1) is 12.0 Å². The molecule has 0 spiro atoms. The SMILES string of the molecule is COc1ccc([N+](=O)[O-])c(NCC2CCCN(C)C2)n1. The third kappa shape index (κ3) is 3.57. The van der Waals surface area contributed by atoms with Crippen LogP contribution in [0.2, 0.25) is 0 Å². The molecule has 20 heavy (non-hydrogen) atoms. The molecule has 1 N–H and O–H groups in total. The van der Waals surface area contributed by atoms with Gasteiger partial charge in [0.2, 0.25) is 11.7 Å². The van der Waals surface area contributed by atoms with E-state index in [4.69, 9.17) is 4.74 Å². The molecule has 1 saturated heterocycles. The Labute approximate surface area is 118 Å². The molecule has 1 atom stereocenters. The summed E-state index contributed by atoms with van der Waals surface area (Å²) in [6, 6.07) is 2.92. The van der Waals surface area contributed by atoms with E-state index in [1.54, 1.807) is 0 Å². The van der Waals surface area contributed by atoms with Crippen LogP contribution in [0.15, 0.2) is 12.1 Å². The Morgan fingerprint density at radius 3 is 3.05 bits per heavy atom. The van der Waals surface area contributed by atoms with Crippen molar-refractivity contribution in [1.82, 2.24) is 9.88 Å². The summed E-state index contributed by atoms with van der Waals surface area (Å²) in [7, 11) is 3.59. The highest BCUT2D eigenvalue weighted by molar-refractivity contribution is 5.57. The first kappa shape index (κ1) is 14.5. The van der Waals surface area contributed by atoms with E-state index in [1.165, 1.54) is 19.2 Å². The maximum Gasteiger partial charge on any atom is 0.311 e. The highest BCUT2D eigenvalue weighted by atomic mass is 16.6. The maximum absolute atomic E-state index is 11.0. The molecule has 110 valence electrons. The van der Waals surface area contributed by atoms with Gasteiger partial charge in [0.1, 0.15) is 0 Å². The van der Waals surface area contributed by atoms with E-state index in [2.05, 4.69) is 22.2 Å². The number of aromatic nitrogens is 1. The lowest BCUT2D eigenvalue weighted by Gasteiger charge is -2.29. The summed E-state index contributed by atoms with van der Waals surface area (Å²) in [5.74, 6) is 1.14. The number of hydrogen-bond donors (Lipinski definition) is 1. The predicted octanol–water partition coefficient (Wildman–Crippen LogP) is 1.75. The number of hydrogen-bond acceptors (Lipinski definition) is 6. The lowest BCUT2D eigenvalue weighted by Crippen LogP contribution is -2.35. The number of piperidine rings is 1. The van der Waals surface area contributed by atoms with Crippen LogP contribution in [-0.2, 0) is 0 Å². The fourth-order valence-corrected chi connectivity index (χ4v) is 2.51. The van der Waals surface area contributed by atoms with Gasteiger partial charge in [-0.15, -0.1) is 0 Å². The lowest BCUT2D eigenvalue weighted by atomic mass is 9.98. The van der Waals surface area contributed by atoms with Gasteiger partial charge in [0.15, 0.2) is 0 Å². The fourth-order valence-electron chi connectivity index (χ4n) is 2.51. The van der Waals surface area contributed by atoms with Crippen molar-refractivity contribution in [2.24, 2.45) is 5.92 Å². The van der Waals surface area contributed by atoms with Gasteiger partial charge in [0.25, 0.3) is 0 Å². The molecule has 1 aliphatic heterocycles. The van der Waals surface area contributed by atoms with Crippen molar-refractivity contribution >= 4 is 11.5 Å². The van der Waals surface area contributed by atoms with Crippen LogP contribution in [0.1, 0.15) is 12.8 Å². The first-order valence-corrected chi connectivity index (χ1v) is 6.72. The average molecular weight is 280 g/mol. The van der Waals surface area contributed by atoms with Crippen molar-refractivity contribution in [3.8, 4) is 5.88 Å². The van der Waals surface area contributed by atoms with E-state index in [0.29, 0.717) is 18.3 Å². The molecule has 0 saturated carbocycles. The van der Waals surface area contributed by atoms with E-state index >= 15 is 0 Å². The minimum absolute atomic E-state index is 0.0186. The van der Waals surface area contributed by atoms with Gasteiger partial charge in [-0.3, -0.25) is 10.1 Å². The second kappa shape index (κ2) is 6.51. The first-order valence-electron chi connectivity index (χ1n) is 6.72. The standard InChI is InChI=1S/C13H20N4O3/c1-16-7-3-4-10(9-16)8-14-13-11(17(18)19)5-6-12(15-13)20-2/h5-6,10H,3-4,7-9H2,1-2H3,(H,14,15). The zero-order valence-electron chi connectivity index (χ0n) is 11.8. The summed E-state index contributed by atoms with van der Waals surface area (Å²) in [5.41, 5.74) is -0.0186. The molecule has 7 heteroatoms. The third-order valence-electron chi connectivity index (χ3n) is 3.53. The van der Waals surface area contributed by atoms with E-state index < -0.39 is 4.92 Å². The number of ether oxygens (including phenoxy) is 1. The summed E-state index contributed by atoms with van der Waals surface area (Å²) in [6.45, 7) is 2.81. The summed E-state index contributed by atoms with van der Waals surface area (Å²) < 4.78 is 5.02. The van der Waals surface area contributed by atoms with Gasteiger partial charge < -0.3 is 15.0 Å². The average Bonchev–Trinajstić information content (AvgIpc) is 2.44. The lowest BCUT2D eigenvalue weighted by molar-refractivity contribution is -0.384. The normalized spacial score (nSPS) is 19.6. The van der Waals surface area contributed by atoms with Gasteiger partial charge >= 0.3 is 5.69 Å². The van der Waals surface area contributed by atoms with Crippen LogP contribution in [-0.4, -0.2) is 48.6 Å². The summed E-state index contributed by atoms with van der Waals surface area (Å²) in [5, 5.41) is 14.1. The van der Waals surface area contributed by atoms with Crippen LogP contribution in [0.3, 0.4) is 0 Å². The molecule has 1 aliphatic rings. The van der Waals surface area contributed by atoms with Crippen LogP contribution in [0, 0.1) is 16.0 Å². The molecule has 0 aliphatic carbocycles. The van der Waals surface area contributed by atoms with Gasteiger partial charge in [0, 0.05) is 25.2 Å². The molecule has 0 radical (unpaired) electrons. The van der Waals surface area contributed by atoms with Crippen molar-refractivity contribution in [2.75, 3.05) is 39.1 Å². The second-order valence-electron chi connectivity index (χ2n) is 5.13. The molecule has 0 bridgehead atoms. The first-order chi connectivity index (χ1) is 9.60. The molecular weight excluding hydrogens is 260 g/mol. The summed E-state index contributed by atoms with van der Waals surface area (Å²) in [4.78, 5) is 17.0. The fraction of sp³-hybridized carbons (Fsp3) is 0.615. The van der Waals surface area contributed by atoms with Crippen molar-refractivity contribution in [3.63, 3.8) is 0 Å². The van der Waals surface area contributed by atoms with E-state index in [-0.39, 0.29) is 11.5 Å². The second-order valence-corrected chi connectivity index (χ2v) is 5.13. The largest absolute Gasteiger partial charge is 0.481 e. The number of nitrogens with zero attached hydrogens (tertiary/aromatic N) is 3. The Morgan fingerprint density at radius 1 is 1.60 bits per heavy atom. The van der Waals surface area contributed by atoms with Crippen LogP contribution in [0.4, 0.5) is 11.5 Å².